The molecule has 0 aliphatic carbocycles. The Morgan fingerprint density at radius 2 is 1.82 bits per heavy atom. The van der Waals surface area contributed by atoms with Crippen LogP contribution in [0.3, 0.4) is 0 Å². The maximum Gasteiger partial charge on any atom is 0.249 e. The number of aromatic nitrogens is 2. The molecule has 1 aliphatic rings. The topological polar surface area (TPSA) is 93.1 Å². The van der Waals surface area contributed by atoms with Crippen molar-refractivity contribution in [1.29, 1.82) is 0 Å². The van der Waals surface area contributed by atoms with Gasteiger partial charge in [-0.15, -0.1) is 0 Å². The van der Waals surface area contributed by atoms with Gasteiger partial charge in [0.05, 0.1) is 12.1 Å². The molecule has 0 spiro atoms. The van der Waals surface area contributed by atoms with Crippen molar-refractivity contribution < 1.29 is 14.4 Å². The van der Waals surface area contributed by atoms with Gasteiger partial charge in [-0.05, 0) is 31.2 Å². The normalized spacial score (nSPS) is 15.5. The number of benzene rings is 2. The molecule has 1 unspecified atom stereocenters. The Balaban J connectivity index is 1.60. The van der Waals surface area contributed by atoms with Gasteiger partial charge in [-0.1, -0.05) is 30.3 Å². The molecule has 2 N–H and O–H groups in total. The van der Waals surface area contributed by atoms with Crippen molar-refractivity contribution in [1.82, 2.24) is 9.78 Å². The van der Waals surface area contributed by atoms with E-state index in [1.165, 1.54) is 6.92 Å². The van der Waals surface area contributed by atoms with Gasteiger partial charge in [0.15, 0.2) is 5.78 Å². The van der Waals surface area contributed by atoms with E-state index in [-0.39, 0.29) is 24.0 Å². The number of carbonyl (C=O) groups excluding carboxylic acids is 3. The summed E-state index contributed by atoms with van der Waals surface area (Å²) in [5.74, 6) is -0.132. The van der Waals surface area contributed by atoms with Crippen LogP contribution in [0.2, 0.25) is 0 Å². The predicted octanol–water partition coefficient (Wildman–Crippen LogP) is 3.27. The molecule has 0 saturated carbocycles. The first-order valence-corrected chi connectivity index (χ1v) is 8.88. The number of hydrogen-bond donors (Lipinski definition) is 2. The molecule has 0 fully saturated rings. The zero-order chi connectivity index (χ0) is 19.7. The Bertz CT molecular complexity index is 1060. The Kier molecular flexibility index (Phi) is 4.49. The summed E-state index contributed by atoms with van der Waals surface area (Å²) in [4.78, 5) is 36.3. The van der Waals surface area contributed by atoms with Gasteiger partial charge in [0.2, 0.25) is 11.8 Å². The lowest BCUT2D eigenvalue weighted by Crippen LogP contribution is -2.35. The largest absolute Gasteiger partial charge is 0.324 e. The molecule has 140 valence electrons. The molecular weight excluding hydrogens is 356 g/mol. The number of ketones is 1. The third-order valence-electron chi connectivity index (χ3n) is 4.61. The van der Waals surface area contributed by atoms with Gasteiger partial charge in [0.25, 0.3) is 0 Å². The molecule has 2 amide bonds. The van der Waals surface area contributed by atoms with Crippen LogP contribution in [0.1, 0.15) is 29.7 Å². The van der Waals surface area contributed by atoms with Crippen LogP contribution in [0.4, 0.5) is 11.5 Å². The molecule has 7 nitrogen and oxygen atoms in total. The van der Waals surface area contributed by atoms with Gasteiger partial charge < -0.3 is 10.6 Å². The van der Waals surface area contributed by atoms with E-state index in [4.69, 9.17) is 0 Å². The Morgan fingerprint density at radius 3 is 2.50 bits per heavy atom. The number of nitrogens with zero attached hydrogens (tertiary/aromatic N) is 2. The van der Waals surface area contributed by atoms with Crippen molar-refractivity contribution in [3.63, 3.8) is 0 Å². The first-order chi connectivity index (χ1) is 13.5. The van der Waals surface area contributed by atoms with Crippen LogP contribution >= 0.6 is 0 Å². The molecule has 7 heteroatoms. The molecule has 2 aromatic carbocycles. The summed E-state index contributed by atoms with van der Waals surface area (Å²) >= 11 is 0. The highest BCUT2D eigenvalue weighted by atomic mass is 16.2. The fourth-order valence-electron chi connectivity index (χ4n) is 3.15. The second-order valence-corrected chi connectivity index (χ2v) is 6.62. The number of Topliss-reactive ketones (excluding diaryl/α,β-unsaturated/α-hetero) is 1. The summed E-state index contributed by atoms with van der Waals surface area (Å²) in [5, 5.41) is 10.1. The molecule has 1 aromatic heterocycles. The van der Waals surface area contributed by atoms with Crippen LogP contribution in [-0.2, 0) is 9.59 Å². The van der Waals surface area contributed by atoms with Crippen LogP contribution in [0, 0.1) is 0 Å². The van der Waals surface area contributed by atoms with Gasteiger partial charge in [-0.3, -0.25) is 14.4 Å². The maximum atomic E-state index is 12.8. The maximum absolute atomic E-state index is 12.8. The highest BCUT2D eigenvalue weighted by Gasteiger charge is 2.32. The zero-order valence-electron chi connectivity index (χ0n) is 15.2. The molecule has 0 saturated heterocycles. The van der Waals surface area contributed by atoms with Gasteiger partial charge in [0.1, 0.15) is 11.9 Å². The van der Waals surface area contributed by atoms with Gasteiger partial charge in [-0.25, -0.2) is 4.68 Å². The monoisotopic (exact) mass is 374 g/mol. The van der Waals surface area contributed by atoms with E-state index in [0.29, 0.717) is 22.8 Å². The number of fused-ring (bicyclic) bond motifs is 1. The summed E-state index contributed by atoms with van der Waals surface area (Å²) < 4.78 is 1.54. The third kappa shape index (κ3) is 3.42. The summed E-state index contributed by atoms with van der Waals surface area (Å²) in [7, 11) is 0. The fraction of sp³-hybridized carbons (Fsp3) is 0.143. The summed E-state index contributed by atoms with van der Waals surface area (Å²) in [5.41, 5.74) is 2.70. The molecule has 0 bridgehead atoms. The summed E-state index contributed by atoms with van der Waals surface area (Å²) in [6.45, 7) is 1.48. The molecule has 1 aliphatic heterocycles. The van der Waals surface area contributed by atoms with E-state index in [9.17, 15) is 14.4 Å². The number of nitrogens with one attached hydrogen (secondary N) is 2. The second-order valence-electron chi connectivity index (χ2n) is 6.62. The number of anilines is 2. The third-order valence-corrected chi connectivity index (χ3v) is 4.61. The number of carbonyl (C=O) groups is 3. The first kappa shape index (κ1) is 17.7. The van der Waals surface area contributed by atoms with Gasteiger partial charge >= 0.3 is 0 Å². The van der Waals surface area contributed by atoms with Gasteiger partial charge in [-0.2, -0.15) is 5.10 Å². The molecule has 0 radical (unpaired) electrons. The lowest BCUT2D eigenvalue weighted by Gasteiger charge is -2.23. The number of rotatable bonds is 4. The molecule has 28 heavy (non-hydrogen) atoms. The van der Waals surface area contributed by atoms with Crippen molar-refractivity contribution in [3.05, 3.63) is 66.2 Å². The van der Waals surface area contributed by atoms with Crippen molar-refractivity contribution in [2.45, 2.75) is 19.4 Å². The quantitative estimate of drug-likeness (QED) is 0.686. The highest BCUT2D eigenvalue weighted by molar-refractivity contribution is 6.02. The van der Waals surface area contributed by atoms with Crippen molar-refractivity contribution in [3.8, 4) is 11.3 Å². The molecular formula is C21H18N4O3. The Morgan fingerprint density at radius 1 is 1.11 bits per heavy atom. The summed E-state index contributed by atoms with van der Waals surface area (Å²) in [6.07, 6.45) is 0.000270. The smallest absolute Gasteiger partial charge is 0.249 e. The Hall–Kier alpha value is -3.74. The van der Waals surface area contributed by atoms with Crippen LogP contribution in [-0.4, -0.2) is 27.4 Å². The van der Waals surface area contributed by atoms with Crippen LogP contribution in [0.15, 0.2) is 60.7 Å². The second kappa shape index (κ2) is 7.11. The lowest BCUT2D eigenvalue weighted by atomic mass is 10.1. The average Bonchev–Trinajstić information content (AvgIpc) is 3.12. The molecule has 3 aromatic rings. The van der Waals surface area contributed by atoms with Crippen molar-refractivity contribution in [2.75, 3.05) is 10.6 Å². The van der Waals surface area contributed by atoms with E-state index < -0.39 is 6.04 Å². The Labute approximate surface area is 161 Å². The lowest BCUT2D eigenvalue weighted by molar-refractivity contribution is -0.125. The minimum absolute atomic E-state index is 0.000270. The molecule has 2 heterocycles. The average molecular weight is 374 g/mol. The molecule has 4 rings (SSSR count). The van der Waals surface area contributed by atoms with Crippen molar-refractivity contribution in [2.24, 2.45) is 0 Å². The van der Waals surface area contributed by atoms with E-state index in [0.717, 1.165) is 5.56 Å². The number of hydrogen-bond acceptors (Lipinski definition) is 4. The van der Waals surface area contributed by atoms with Crippen LogP contribution < -0.4 is 10.6 Å². The minimum atomic E-state index is -0.756. The van der Waals surface area contributed by atoms with Crippen molar-refractivity contribution >= 4 is 29.1 Å². The van der Waals surface area contributed by atoms with E-state index in [1.54, 1.807) is 35.0 Å². The summed E-state index contributed by atoms with van der Waals surface area (Å²) in [6, 6.07) is 17.2. The first-order valence-electron chi connectivity index (χ1n) is 8.88. The van der Waals surface area contributed by atoms with E-state index in [1.807, 2.05) is 30.3 Å². The van der Waals surface area contributed by atoms with Crippen LogP contribution in [0.5, 0.6) is 0 Å². The fourth-order valence-corrected chi connectivity index (χ4v) is 3.15. The molecule has 1 atom stereocenters. The van der Waals surface area contributed by atoms with Gasteiger partial charge in [0, 0.05) is 22.9 Å². The zero-order valence-corrected chi connectivity index (χ0v) is 15.2. The number of amides is 2. The predicted molar refractivity (Wildman–Crippen MR) is 105 cm³/mol. The highest BCUT2D eigenvalue weighted by Crippen LogP contribution is 2.30. The minimum Gasteiger partial charge on any atom is -0.324 e. The standard InChI is InChI=1S/C21H18N4O3/c1-13(26)14-7-9-16(10-8-14)22-21(28)18-12-20(27)23-19-11-17(24-25(18)19)15-5-3-2-4-6-15/h2-11,18H,12H2,1H3,(H,22,28)(H,23,27). The SMILES string of the molecule is CC(=O)c1ccc(NC(=O)C2CC(=O)Nc3cc(-c4ccccc4)nn32)cc1. The van der Waals surface area contributed by atoms with E-state index >= 15 is 0 Å². The van der Waals surface area contributed by atoms with Crippen LogP contribution in [0.25, 0.3) is 11.3 Å². The van der Waals surface area contributed by atoms with E-state index in [2.05, 4.69) is 15.7 Å².